The van der Waals surface area contributed by atoms with Gasteiger partial charge in [0.1, 0.15) is 0 Å². The van der Waals surface area contributed by atoms with Crippen LogP contribution >= 0.6 is 27.3 Å². The lowest BCUT2D eigenvalue weighted by atomic mass is 10.0. The second kappa shape index (κ2) is 8.14. The molecule has 1 aliphatic heterocycles. The van der Waals surface area contributed by atoms with Gasteiger partial charge in [0, 0.05) is 23.1 Å². The summed E-state index contributed by atoms with van der Waals surface area (Å²) in [5.41, 5.74) is 1.18. The number of piperidine rings is 1. The van der Waals surface area contributed by atoms with Crippen LogP contribution in [0.1, 0.15) is 30.1 Å². The van der Waals surface area contributed by atoms with E-state index in [-0.39, 0.29) is 10.8 Å². The average molecular weight is 494 g/mol. The molecule has 1 amide bonds. The van der Waals surface area contributed by atoms with Crippen molar-refractivity contribution in [2.24, 2.45) is 5.92 Å². The summed E-state index contributed by atoms with van der Waals surface area (Å²) in [6, 6.07) is 11.8. The van der Waals surface area contributed by atoms with E-state index >= 15 is 0 Å². The maximum absolute atomic E-state index is 12.8. The van der Waals surface area contributed by atoms with E-state index in [1.165, 1.54) is 27.8 Å². The Bertz CT molecular complexity index is 1160. The van der Waals surface area contributed by atoms with E-state index in [1.54, 1.807) is 12.1 Å². The van der Waals surface area contributed by atoms with Crippen LogP contribution in [0.3, 0.4) is 0 Å². The van der Waals surface area contributed by atoms with Gasteiger partial charge >= 0.3 is 0 Å². The van der Waals surface area contributed by atoms with Crippen molar-refractivity contribution in [1.29, 1.82) is 0 Å². The molecule has 1 aromatic heterocycles. The third-order valence-corrected chi connectivity index (χ3v) is 8.42. The highest BCUT2D eigenvalue weighted by molar-refractivity contribution is 9.10. The second-order valence-corrected chi connectivity index (χ2v) is 11.0. The summed E-state index contributed by atoms with van der Waals surface area (Å²) < 4.78 is 29.1. The number of nitrogens with zero attached hydrogens (tertiary/aromatic N) is 2. The Labute approximate surface area is 182 Å². The van der Waals surface area contributed by atoms with Gasteiger partial charge in [-0.2, -0.15) is 4.31 Å². The number of thiazole rings is 1. The number of carbonyl (C=O) groups is 1. The first-order valence-electron chi connectivity index (χ1n) is 9.31. The Morgan fingerprint density at radius 2 is 2.00 bits per heavy atom. The number of anilines is 1. The van der Waals surface area contributed by atoms with Gasteiger partial charge in [-0.3, -0.25) is 10.1 Å². The molecule has 9 heteroatoms. The largest absolute Gasteiger partial charge is 0.298 e. The molecule has 0 spiro atoms. The molecule has 0 aliphatic carbocycles. The van der Waals surface area contributed by atoms with Gasteiger partial charge in [-0.05, 0) is 71.1 Å². The summed E-state index contributed by atoms with van der Waals surface area (Å²) in [6.07, 6.45) is 1.92. The molecule has 4 rings (SSSR count). The van der Waals surface area contributed by atoms with Crippen molar-refractivity contribution < 1.29 is 13.2 Å². The molecule has 1 saturated heterocycles. The van der Waals surface area contributed by atoms with E-state index in [9.17, 15) is 13.2 Å². The molecule has 1 fully saturated rings. The number of hydrogen-bond donors (Lipinski definition) is 1. The van der Waals surface area contributed by atoms with Crippen LogP contribution in [-0.2, 0) is 10.0 Å². The monoisotopic (exact) mass is 493 g/mol. The van der Waals surface area contributed by atoms with Crippen molar-refractivity contribution in [1.82, 2.24) is 9.29 Å². The molecule has 1 aliphatic rings. The van der Waals surface area contributed by atoms with Gasteiger partial charge in [-0.25, -0.2) is 13.4 Å². The Morgan fingerprint density at radius 3 is 2.69 bits per heavy atom. The highest BCUT2D eigenvalue weighted by atomic mass is 79.9. The molecule has 2 heterocycles. The van der Waals surface area contributed by atoms with Gasteiger partial charge in [-0.1, -0.05) is 24.3 Å². The van der Waals surface area contributed by atoms with Crippen molar-refractivity contribution in [2.75, 3.05) is 18.4 Å². The highest BCUT2D eigenvalue weighted by Gasteiger charge is 2.28. The van der Waals surface area contributed by atoms with Crippen molar-refractivity contribution in [2.45, 2.75) is 24.7 Å². The van der Waals surface area contributed by atoms with Gasteiger partial charge in [0.2, 0.25) is 10.0 Å². The molecule has 6 nitrogen and oxygen atoms in total. The predicted molar refractivity (Wildman–Crippen MR) is 119 cm³/mol. The fraction of sp³-hybridized carbons (Fsp3) is 0.300. The average Bonchev–Trinajstić information content (AvgIpc) is 3.12. The minimum atomic E-state index is -3.53. The van der Waals surface area contributed by atoms with E-state index < -0.39 is 10.0 Å². The normalized spacial score (nSPS) is 18.1. The lowest BCUT2D eigenvalue weighted by Crippen LogP contribution is -2.39. The Balaban J connectivity index is 1.51. The summed E-state index contributed by atoms with van der Waals surface area (Å²) in [7, 11) is -3.53. The van der Waals surface area contributed by atoms with Gasteiger partial charge < -0.3 is 0 Å². The molecular formula is C20H20BrN3O3S2. The molecule has 29 heavy (non-hydrogen) atoms. The number of para-hydroxylation sites is 1. The van der Waals surface area contributed by atoms with Crippen molar-refractivity contribution in [3.05, 3.63) is 52.5 Å². The quantitative estimate of drug-likeness (QED) is 0.569. The fourth-order valence-corrected chi connectivity index (χ4v) is 6.50. The van der Waals surface area contributed by atoms with Crippen molar-refractivity contribution >= 4 is 58.5 Å². The number of amides is 1. The molecule has 1 unspecified atom stereocenters. The number of aromatic nitrogens is 1. The molecular weight excluding hydrogens is 474 g/mol. The van der Waals surface area contributed by atoms with Crippen LogP contribution in [0.2, 0.25) is 0 Å². The number of fused-ring (bicyclic) bond motifs is 1. The molecule has 0 saturated carbocycles. The number of benzene rings is 2. The van der Waals surface area contributed by atoms with Crippen LogP contribution < -0.4 is 5.32 Å². The molecule has 1 atom stereocenters. The summed E-state index contributed by atoms with van der Waals surface area (Å²) in [6.45, 7) is 3.15. The Hall–Kier alpha value is -1.81. The van der Waals surface area contributed by atoms with Gasteiger partial charge in [0.05, 0.1) is 15.1 Å². The first-order chi connectivity index (χ1) is 13.8. The van der Waals surface area contributed by atoms with Gasteiger partial charge in [-0.15, -0.1) is 0 Å². The van der Waals surface area contributed by atoms with E-state index in [4.69, 9.17) is 0 Å². The van der Waals surface area contributed by atoms with Crippen molar-refractivity contribution in [3.63, 3.8) is 0 Å². The second-order valence-electron chi connectivity index (χ2n) is 7.19. The van der Waals surface area contributed by atoms with Crippen LogP contribution in [0.15, 0.2) is 51.8 Å². The third-order valence-electron chi connectivity index (χ3n) is 4.96. The number of hydrogen-bond acceptors (Lipinski definition) is 5. The number of halogens is 1. The lowest BCUT2D eigenvalue weighted by molar-refractivity contribution is 0.102. The predicted octanol–water partition coefficient (Wildman–Crippen LogP) is 4.73. The minimum absolute atomic E-state index is 0.215. The van der Waals surface area contributed by atoms with Crippen LogP contribution in [0.5, 0.6) is 0 Å². The topological polar surface area (TPSA) is 79.4 Å². The van der Waals surface area contributed by atoms with Gasteiger partial charge in [0.25, 0.3) is 5.91 Å². The summed E-state index contributed by atoms with van der Waals surface area (Å²) in [4.78, 5) is 17.2. The highest BCUT2D eigenvalue weighted by Crippen LogP contribution is 2.31. The summed E-state index contributed by atoms with van der Waals surface area (Å²) >= 11 is 4.84. The Morgan fingerprint density at radius 1 is 1.24 bits per heavy atom. The van der Waals surface area contributed by atoms with Crippen LogP contribution in [0.25, 0.3) is 10.2 Å². The maximum Gasteiger partial charge on any atom is 0.257 e. The summed E-state index contributed by atoms with van der Waals surface area (Å²) in [5, 5.41) is 3.29. The molecule has 0 bridgehead atoms. The SMILES string of the molecule is CC1CCCN(S(=O)(=O)c2ccc(C(=O)Nc3nc4c(Br)cccc4s3)cc2)C1. The first kappa shape index (κ1) is 20.5. The zero-order valence-corrected chi connectivity index (χ0v) is 19.0. The molecule has 3 aromatic rings. The van der Waals surface area contributed by atoms with Crippen LogP contribution in [0, 0.1) is 5.92 Å². The van der Waals surface area contributed by atoms with E-state index in [2.05, 4.69) is 33.2 Å². The number of sulfonamides is 1. The standard InChI is InChI=1S/C20H20BrN3O3S2/c1-13-4-3-11-24(12-13)29(26,27)15-9-7-14(8-10-15)19(25)23-20-22-18-16(21)5-2-6-17(18)28-20/h2,5-10,13H,3-4,11-12H2,1H3,(H,22,23,25). The zero-order valence-electron chi connectivity index (χ0n) is 15.8. The van der Waals surface area contributed by atoms with Gasteiger partial charge in [0.15, 0.2) is 5.13 Å². The fourth-order valence-electron chi connectivity index (χ4n) is 3.43. The summed E-state index contributed by atoms with van der Waals surface area (Å²) in [5.74, 6) is 0.0353. The lowest BCUT2D eigenvalue weighted by Gasteiger charge is -2.30. The number of rotatable bonds is 4. The molecule has 2 aromatic carbocycles. The number of nitrogens with one attached hydrogen (secondary N) is 1. The minimum Gasteiger partial charge on any atom is -0.298 e. The van der Waals surface area contributed by atoms with Crippen LogP contribution in [-0.4, -0.2) is 36.7 Å². The molecule has 152 valence electrons. The zero-order chi connectivity index (χ0) is 20.6. The van der Waals surface area contributed by atoms with E-state index in [0.29, 0.717) is 29.7 Å². The Kier molecular flexibility index (Phi) is 5.74. The van der Waals surface area contributed by atoms with Crippen molar-refractivity contribution in [3.8, 4) is 0 Å². The number of carbonyl (C=O) groups excluding carboxylic acids is 1. The van der Waals surface area contributed by atoms with Crippen LogP contribution in [0.4, 0.5) is 5.13 Å². The van der Waals surface area contributed by atoms with E-state index in [1.807, 2.05) is 18.2 Å². The molecule has 0 radical (unpaired) electrons. The van der Waals surface area contributed by atoms with E-state index in [0.717, 1.165) is 27.5 Å². The maximum atomic E-state index is 12.8. The smallest absolute Gasteiger partial charge is 0.257 e. The molecule has 1 N–H and O–H groups in total. The first-order valence-corrected chi connectivity index (χ1v) is 12.4. The third kappa shape index (κ3) is 4.23.